The molecule has 1 unspecified atom stereocenters. The number of rotatable bonds is 3. The second-order valence-corrected chi connectivity index (χ2v) is 6.34. The van der Waals surface area contributed by atoms with Gasteiger partial charge in [0.05, 0.1) is 0 Å². The maximum Gasteiger partial charge on any atom is 0.0450 e. The average Bonchev–Trinajstić information content (AvgIpc) is 2.38. The number of hydrogen-bond acceptors (Lipinski definition) is 2. The van der Waals surface area contributed by atoms with Crippen molar-refractivity contribution in [3.63, 3.8) is 0 Å². The third-order valence-electron chi connectivity index (χ3n) is 3.96. The molecule has 0 amide bonds. The molecule has 0 bridgehead atoms. The Morgan fingerprint density at radius 3 is 2.63 bits per heavy atom. The number of allylic oxidation sites excluding steroid dienone is 1. The molecule has 0 spiro atoms. The van der Waals surface area contributed by atoms with E-state index in [1.54, 1.807) is 0 Å². The van der Waals surface area contributed by atoms with E-state index in [-0.39, 0.29) is 5.54 Å². The molecule has 1 saturated heterocycles. The standard InChI is InChI=1S/C17H26N2/c1-14(2)10-11-19-12-16(18-13-17(19,3)4)15-8-6-5-7-9-15/h5-10,16,18H,11-13H2,1-4H3. The van der Waals surface area contributed by atoms with E-state index in [1.807, 2.05) is 0 Å². The van der Waals surface area contributed by atoms with Gasteiger partial charge in [-0.05, 0) is 33.3 Å². The van der Waals surface area contributed by atoms with Crippen molar-refractivity contribution in [3.05, 3.63) is 47.5 Å². The van der Waals surface area contributed by atoms with Crippen molar-refractivity contribution in [1.82, 2.24) is 10.2 Å². The average molecular weight is 258 g/mol. The van der Waals surface area contributed by atoms with E-state index in [4.69, 9.17) is 0 Å². The highest BCUT2D eigenvalue weighted by atomic mass is 15.3. The molecule has 1 aliphatic heterocycles. The van der Waals surface area contributed by atoms with Crippen LogP contribution in [-0.2, 0) is 0 Å². The maximum atomic E-state index is 3.68. The molecule has 1 aromatic rings. The lowest BCUT2D eigenvalue weighted by atomic mass is 9.94. The van der Waals surface area contributed by atoms with Gasteiger partial charge in [0.25, 0.3) is 0 Å². The van der Waals surface area contributed by atoms with Crippen molar-refractivity contribution in [1.29, 1.82) is 0 Å². The summed E-state index contributed by atoms with van der Waals surface area (Å²) in [5.41, 5.74) is 3.00. The quantitative estimate of drug-likeness (QED) is 0.836. The first-order valence-corrected chi connectivity index (χ1v) is 7.16. The monoisotopic (exact) mass is 258 g/mol. The molecule has 2 heteroatoms. The van der Waals surface area contributed by atoms with E-state index < -0.39 is 0 Å². The zero-order valence-electron chi connectivity index (χ0n) is 12.6. The molecule has 0 aliphatic carbocycles. The molecule has 1 atom stereocenters. The summed E-state index contributed by atoms with van der Waals surface area (Å²) in [6, 6.07) is 11.2. The van der Waals surface area contributed by atoms with Gasteiger partial charge in [-0.3, -0.25) is 4.90 Å². The fourth-order valence-electron chi connectivity index (χ4n) is 2.54. The van der Waals surface area contributed by atoms with Gasteiger partial charge in [0.15, 0.2) is 0 Å². The summed E-state index contributed by atoms with van der Waals surface area (Å²) in [5, 5.41) is 3.68. The molecular weight excluding hydrogens is 232 g/mol. The van der Waals surface area contributed by atoms with Gasteiger partial charge in [-0.25, -0.2) is 0 Å². The van der Waals surface area contributed by atoms with E-state index in [1.165, 1.54) is 11.1 Å². The Bertz CT molecular complexity index is 430. The summed E-state index contributed by atoms with van der Waals surface area (Å²) in [6.45, 7) is 12.1. The van der Waals surface area contributed by atoms with E-state index in [9.17, 15) is 0 Å². The lowest BCUT2D eigenvalue weighted by Gasteiger charge is -2.46. The van der Waals surface area contributed by atoms with E-state index in [0.717, 1.165) is 19.6 Å². The molecule has 104 valence electrons. The topological polar surface area (TPSA) is 15.3 Å². The van der Waals surface area contributed by atoms with Gasteiger partial charge in [0.1, 0.15) is 0 Å². The van der Waals surface area contributed by atoms with Crippen LogP contribution in [0.3, 0.4) is 0 Å². The van der Waals surface area contributed by atoms with Crippen LogP contribution in [0, 0.1) is 0 Å². The molecule has 2 nitrogen and oxygen atoms in total. The first kappa shape index (κ1) is 14.3. The van der Waals surface area contributed by atoms with Crippen LogP contribution in [0.4, 0.5) is 0 Å². The minimum atomic E-state index is 0.219. The number of nitrogens with one attached hydrogen (secondary N) is 1. The first-order chi connectivity index (χ1) is 8.99. The highest BCUT2D eigenvalue weighted by Crippen LogP contribution is 2.25. The SMILES string of the molecule is CC(C)=CCN1CC(c2ccccc2)NCC1(C)C. The van der Waals surface area contributed by atoms with Crippen molar-refractivity contribution in [2.45, 2.75) is 39.3 Å². The van der Waals surface area contributed by atoms with Crippen LogP contribution in [0.1, 0.15) is 39.3 Å². The van der Waals surface area contributed by atoms with Crippen LogP contribution in [0.25, 0.3) is 0 Å². The zero-order valence-corrected chi connectivity index (χ0v) is 12.6. The highest BCUT2D eigenvalue weighted by Gasteiger charge is 2.33. The maximum absolute atomic E-state index is 3.68. The molecule has 1 aromatic carbocycles. The highest BCUT2D eigenvalue weighted by molar-refractivity contribution is 5.20. The number of piperazine rings is 1. The van der Waals surface area contributed by atoms with Gasteiger partial charge >= 0.3 is 0 Å². The fraction of sp³-hybridized carbons (Fsp3) is 0.529. The Labute approximate surface area is 117 Å². The van der Waals surface area contributed by atoms with Crippen molar-refractivity contribution in [2.75, 3.05) is 19.6 Å². The second-order valence-electron chi connectivity index (χ2n) is 6.34. The molecule has 1 fully saturated rings. The molecule has 1 aliphatic rings. The molecule has 1 N–H and O–H groups in total. The summed E-state index contributed by atoms with van der Waals surface area (Å²) in [5.74, 6) is 0. The summed E-state index contributed by atoms with van der Waals surface area (Å²) in [4.78, 5) is 2.58. The molecule has 0 aromatic heterocycles. The van der Waals surface area contributed by atoms with Gasteiger partial charge in [0, 0.05) is 31.2 Å². The molecular formula is C17H26N2. The lowest BCUT2D eigenvalue weighted by Crippen LogP contribution is -2.58. The predicted molar refractivity (Wildman–Crippen MR) is 82.3 cm³/mol. The lowest BCUT2D eigenvalue weighted by molar-refractivity contribution is 0.0783. The minimum Gasteiger partial charge on any atom is -0.307 e. The van der Waals surface area contributed by atoms with E-state index >= 15 is 0 Å². The Morgan fingerprint density at radius 2 is 2.00 bits per heavy atom. The molecule has 0 radical (unpaired) electrons. The second kappa shape index (κ2) is 5.89. The first-order valence-electron chi connectivity index (χ1n) is 7.16. The smallest absolute Gasteiger partial charge is 0.0450 e. The minimum absolute atomic E-state index is 0.219. The van der Waals surface area contributed by atoms with Crippen LogP contribution in [0.15, 0.2) is 42.0 Å². The van der Waals surface area contributed by atoms with E-state index in [0.29, 0.717) is 6.04 Å². The Balaban J connectivity index is 2.10. The van der Waals surface area contributed by atoms with E-state index in [2.05, 4.69) is 74.3 Å². The largest absolute Gasteiger partial charge is 0.307 e. The number of hydrogen-bond donors (Lipinski definition) is 1. The molecule has 0 saturated carbocycles. The summed E-state index contributed by atoms with van der Waals surface area (Å²) < 4.78 is 0. The third kappa shape index (κ3) is 3.68. The van der Waals surface area contributed by atoms with Gasteiger partial charge in [-0.15, -0.1) is 0 Å². The number of benzene rings is 1. The van der Waals surface area contributed by atoms with Crippen LogP contribution >= 0.6 is 0 Å². The van der Waals surface area contributed by atoms with Crippen molar-refractivity contribution < 1.29 is 0 Å². The van der Waals surface area contributed by atoms with Gasteiger partial charge < -0.3 is 5.32 Å². The van der Waals surface area contributed by atoms with Crippen molar-refractivity contribution >= 4 is 0 Å². The summed E-state index contributed by atoms with van der Waals surface area (Å²) >= 11 is 0. The molecule has 1 heterocycles. The van der Waals surface area contributed by atoms with Gasteiger partial charge in [0.2, 0.25) is 0 Å². The van der Waals surface area contributed by atoms with Crippen molar-refractivity contribution in [2.24, 2.45) is 0 Å². The predicted octanol–water partition coefficient (Wildman–Crippen LogP) is 3.38. The van der Waals surface area contributed by atoms with Crippen LogP contribution in [0.2, 0.25) is 0 Å². The van der Waals surface area contributed by atoms with Gasteiger partial charge in [-0.1, -0.05) is 42.0 Å². The normalized spacial score (nSPS) is 23.1. The Morgan fingerprint density at radius 1 is 1.32 bits per heavy atom. The Kier molecular flexibility index (Phi) is 4.43. The van der Waals surface area contributed by atoms with Crippen LogP contribution in [0.5, 0.6) is 0 Å². The fourth-order valence-corrected chi connectivity index (χ4v) is 2.54. The third-order valence-corrected chi connectivity index (χ3v) is 3.96. The number of nitrogens with zero attached hydrogens (tertiary/aromatic N) is 1. The van der Waals surface area contributed by atoms with Crippen LogP contribution in [-0.4, -0.2) is 30.1 Å². The molecule has 19 heavy (non-hydrogen) atoms. The van der Waals surface area contributed by atoms with Crippen LogP contribution < -0.4 is 5.32 Å². The molecule has 2 rings (SSSR count). The Hall–Kier alpha value is -1.12. The zero-order chi connectivity index (χ0) is 13.9. The van der Waals surface area contributed by atoms with Gasteiger partial charge in [-0.2, -0.15) is 0 Å². The summed E-state index contributed by atoms with van der Waals surface area (Å²) in [6.07, 6.45) is 2.33. The van der Waals surface area contributed by atoms with Crippen molar-refractivity contribution in [3.8, 4) is 0 Å². The summed E-state index contributed by atoms with van der Waals surface area (Å²) in [7, 11) is 0.